The van der Waals surface area contributed by atoms with Crippen LogP contribution >= 0.6 is 0 Å². The van der Waals surface area contributed by atoms with Gasteiger partial charge >= 0.3 is 0 Å². The molecule has 1 heterocycles. The first kappa shape index (κ1) is 15.6. The quantitative estimate of drug-likeness (QED) is 0.741. The number of nitrogens with zero attached hydrogens (tertiary/aromatic N) is 1. The Morgan fingerprint density at radius 1 is 1.26 bits per heavy atom. The number of nitrogens with one attached hydrogen (secondary N) is 1. The smallest absolute Gasteiger partial charge is 0.119 e. The van der Waals surface area contributed by atoms with Gasteiger partial charge in [-0.2, -0.15) is 5.10 Å². The van der Waals surface area contributed by atoms with Gasteiger partial charge in [-0.25, -0.2) is 0 Å². The summed E-state index contributed by atoms with van der Waals surface area (Å²) in [6.45, 7) is 5.17. The van der Waals surface area contributed by atoms with Crippen molar-refractivity contribution in [1.29, 1.82) is 0 Å². The van der Waals surface area contributed by atoms with Crippen molar-refractivity contribution >= 4 is 5.57 Å². The first-order chi connectivity index (χ1) is 11.3. The van der Waals surface area contributed by atoms with Gasteiger partial charge in [-0.15, -0.1) is 0 Å². The van der Waals surface area contributed by atoms with Crippen molar-refractivity contribution in [3.63, 3.8) is 0 Å². The van der Waals surface area contributed by atoms with E-state index in [2.05, 4.69) is 60.5 Å². The molecule has 0 spiro atoms. The lowest BCUT2D eigenvalue weighted by atomic mass is 9.97. The molecule has 2 aromatic rings. The molecule has 1 aromatic heterocycles. The van der Waals surface area contributed by atoms with E-state index in [1.165, 1.54) is 5.57 Å². The van der Waals surface area contributed by atoms with E-state index in [0.717, 1.165) is 48.6 Å². The zero-order valence-corrected chi connectivity index (χ0v) is 13.9. The molecule has 1 unspecified atom stereocenters. The van der Waals surface area contributed by atoms with Crippen molar-refractivity contribution < 1.29 is 4.74 Å². The Hall–Kier alpha value is -2.29. The molecular weight excluding hydrogens is 284 g/mol. The lowest BCUT2D eigenvalue weighted by Crippen LogP contribution is -1.95. The van der Waals surface area contributed by atoms with Gasteiger partial charge in [-0.05, 0) is 54.7 Å². The number of aromatic amines is 1. The molecule has 0 saturated carbocycles. The summed E-state index contributed by atoms with van der Waals surface area (Å²) in [7, 11) is 0. The maximum atomic E-state index is 5.70. The first-order valence-corrected chi connectivity index (χ1v) is 8.43. The summed E-state index contributed by atoms with van der Waals surface area (Å²) < 4.78 is 5.70. The lowest BCUT2D eigenvalue weighted by molar-refractivity contribution is 0.309. The minimum Gasteiger partial charge on any atom is -0.494 e. The summed E-state index contributed by atoms with van der Waals surface area (Å²) >= 11 is 0. The third-order valence-corrected chi connectivity index (χ3v) is 4.12. The van der Waals surface area contributed by atoms with Crippen molar-refractivity contribution in [3.05, 3.63) is 54.3 Å². The molecule has 23 heavy (non-hydrogen) atoms. The highest BCUT2D eigenvalue weighted by atomic mass is 16.5. The Bertz CT molecular complexity index is 695. The number of hydrogen-bond donors (Lipinski definition) is 1. The van der Waals surface area contributed by atoms with Gasteiger partial charge in [0.2, 0.25) is 0 Å². The number of rotatable bonds is 6. The molecule has 3 heteroatoms. The number of unbranched alkanes of at least 4 members (excludes halogenated alkanes) is 1. The van der Waals surface area contributed by atoms with Crippen LogP contribution in [0.25, 0.3) is 16.8 Å². The van der Waals surface area contributed by atoms with Crippen molar-refractivity contribution in [2.45, 2.75) is 33.1 Å². The van der Waals surface area contributed by atoms with Gasteiger partial charge in [0.15, 0.2) is 0 Å². The standard InChI is InChI=1S/C20H24N2O/c1-3-4-13-23-18-11-9-17(10-12-18)20-14-19(21-22-20)16-7-5-15(2)6-8-16/h5,7-12,14-15H,3-4,6,13H2,1-2H3,(H,21,22). The first-order valence-electron chi connectivity index (χ1n) is 8.43. The van der Waals surface area contributed by atoms with Crippen molar-refractivity contribution in [2.75, 3.05) is 6.61 Å². The molecule has 3 nitrogen and oxygen atoms in total. The van der Waals surface area contributed by atoms with Gasteiger partial charge in [0.1, 0.15) is 5.75 Å². The molecular formula is C20H24N2O. The van der Waals surface area contributed by atoms with Crippen LogP contribution in [0.2, 0.25) is 0 Å². The molecule has 0 fully saturated rings. The van der Waals surface area contributed by atoms with E-state index < -0.39 is 0 Å². The Balaban J connectivity index is 1.69. The predicted molar refractivity (Wildman–Crippen MR) is 95.3 cm³/mol. The highest BCUT2D eigenvalue weighted by molar-refractivity contribution is 5.75. The second kappa shape index (κ2) is 7.32. The molecule has 1 N–H and O–H groups in total. The predicted octanol–water partition coefficient (Wildman–Crippen LogP) is 5.24. The largest absolute Gasteiger partial charge is 0.494 e. The van der Waals surface area contributed by atoms with Crippen molar-refractivity contribution in [1.82, 2.24) is 10.2 Å². The van der Waals surface area contributed by atoms with E-state index in [4.69, 9.17) is 4.74 Å². The van der Waals surface area contributed by atoms with Crippen LogP contribution < -0.4 is 4.74 Å². The third kappa shape index (κ3) is 3.92. The highest BCUT2D eigenvalue weighted by Gasteiger charge is 2.10. The lowest BCUT2D eigenvalue weighted by Gasteiger charge is -2.09. The molecule has 1 aliphatic carbocycles. The zero-order chi connectivity index (χ0) is 16.1. The van der Waals surface area contributed by atoms with Crippen LogP contribution in [0.5, 0.6) is 5.75 Å². The Labute approximate surface area is 138 Å². The second-order valence-corrected chi connectivity index (χ2v) is 6.12. The number of benzene rings is 1. The molecule has 1 aliphatic rings. The van der Waals surface area contributed by atoms with E-state index in [1.807, 2.05) is 12.1 Å². The SMILES string of the molecule is CCCCOc1ccc(-c2cc(C3=CCC(C)C=C3)[nH]n2)cc1. The maximum absolute atomic E-state index is 5.70. The topological polar surface area (TPSA) is 37.9 Å². The van der Waals surface area contributed by atoms with E-state index in [1.54, 1.807) is 0 Å². The van der Waals surface area contributed by atoms with Crippen LogP contribution in [0, 0.1) is 5.92 Å². The van der Waals surface area contributed by atoms with Crippen LogP contribution in [-0.4, -0.2) is 16.8 Å². The molecule has 1 atom stereocenters. The summed E-state index contributed by atoms with van der Waals surface area (Å²) in [4.78, 5) is 0. The third-order valence-electron chi connectivity index (χ3n) is 4.12. The van der Waals surface area contributed by atoms with Gasteiger partial charge in [0, 0.05) is 5.56 Å². The van der Waals surface area contributed by atoms with Crippen LogP contribution in [0.4, 0.5) is 0 Å². The van der Waals surface area contributed by atoms with Gasteiger partial charge in [-0.1, -0.05) is 38.5 Å². The summed E-state index contributed by atoms with van der Waals surface area (Å²) in [5.74, 6) is 1.55. The van der Waals surface area contributed by atoms with Crippen LogP contribution in [0.3, 0.4) is 0 Å². The minimum absolute atomic E-state index is 0.626. The summed E-state index contributed by atoms with van der Waals surface area (Å²) in [6.07, 6.45) is 10.0. The average molecular weight is 308 g/mol. The zero-order valence-electron chi connectivity index (χ0n) is 13.9. The Kier molecular flexibility index (Phi) is 4.96. The molecule has 0 saturated heterocycles. The summed E-state index contributed by atoms with van der Waals surface area (Å²) in [6, 6.07) is 10.3. The van der Waals surface area contributed by atoms with Gasteiger partial charge < -0.3 is 4.74 Å². The minimum atomic E-state index is 0.626. The Morgan fingerprint density at radius 2 is 2.09 bits per heavy atom. The number of aromatic nitrogens is 2. The van der Waals surface area contributed by atoms with Crippen LogP contribution in [0.15, 0.2) is 48.6 Å². The molecule has 1 aromatic carbocycles. The summed E-state index contributed by atoms with van der Waals surface area (Å²) in [5, 5.41) is 7.59. The molecule has 0 aliphatic heterocycles. The van der Waals surface area contributed by atoms with Crippen molar-refractivity contribution in [2.24, 2.45) is 5.92 Å². The van der Waals surface area contributed by atoms with E-state index >= 15 is 0 Å². The fraction of sp³-hybridized carbons (Fsp3) is 0.350. The maximum Gasteiger partial charge on any atom is 0.119 e. The normalized spacial score (nSPS) is 17.1. The molecule has 120 valence electrons. The van der Waals surface area contributed by atoms with Crippen molar-refractivity contribution in [3.8, 4) is 17.0 Å². The summed E-state index contributed by atoms with van der Waals surface area (Å²) in [5.41, 5.74) is 4.37. The fourth-order valence-electron chi connectivity index (χ4n) is 2.60. The van der Waals surface area contributed by atoms with E-state index in [9.17, 15) is 0 Å². The second-order valence-electron chi connectivity index (χ2n) is 6.12. The van der Waals surface area contributed by atoms with Gasteiger partial charge in [-0.3, -0.25) is 5.10 Å². The number of hydrogen-bond acceptors (Lipinski definition) is 2. The number of ether oxygens (including phenoxy) is 1. The monoisotopic (exact) mass is 308 g/mol. The number of allylic oxidation sites excluding steroid dienone is 4. The molecule has 3 rings (SSSR count). The highest BCUT2D eigenvalue weighted by Crippen LogP contribution is 2.27. The fourth-order valence-corrected chi connectivity index (χ4v) is 2.60. The average Bonchev–Trinajstić information content (AvgIpc) is 3.06. The van der Waals surface area contributed by atoms with E-state index in [-0.39, 0.29) is 0 Å². The molecule has 0 amide bonds. The van der Waals surface area contributed by atoms with Gasteiger partial charge in [0.05, 0.1) is 18.0 Å². The molecule has 0 bridgehead atoms. The van der Waals surface area contributed by atoms with Gasteiger partial charge in [0.25, 0.3) is 0 Å². The van der Waals surface area contributed by atoms with E-state index in [0.29, 0.717) is 5.92 Å². The Morgan fingerprint density at radius 3 is 2.78 bits per heavy atom. The van der Waals surface area contributed by atoms with Crippen LogP contribution in [-0.2, 0) is 0 Å². The van der Waals surface area contributed by atoms with Crippen LogP contribution in [0.1, 0.15) is 38.8 Å². The molecule has 0 radical (unpaired) electrons. The number of H-pyrrole nitrogens is 1.